The van der Waals surface area contributed by atoms with E-state index in [9.17, 15) is 0 Å². The molecular formula is C9H19NO. The summed E-state index contributed by atoms with van der Waals surface area (Å²) in [6, 6.07) is 0.359. The smallest absolute Gasteiger partial charge is 0.0586 e. The Hall–Kier alpha value is -0.0800. The summed E-state index contributed by atoms with van der Waals surface area (Å²) < 4.78 is 5.31. The van der Waals surface area contributed by atoms with E-state index in [1.165, 1.54) is 19.3 Å². The van der Waals surface area contributed by atoms with Gasteiger partial charge in [-0.3, -0.25) is 0 Å². The van der Waals surface area contributed by atoms with Gasteiger partial charge >= 0.3 is 0 Å². The third-order valence-electron chi connectivity index (χ3n) is 2.59. The van der Waals surface area contributed by atoms with Crippen molar-refractivity contribution >= 4 is 0 Å². The molecule has 0 aliphatic heterocycles. The molecule has 0 aromatic rings. The molecule has 0 aromatic heterocycles. The van der Waals surface area contributed by atoms with Crippen molar-refractivity contribution in [3.63, 3.8) is 0 Å². The number of hydrogen-bond donors (Lipinski definition) is 1. The average molecular weight is 157 g/mol. The molecule has 0 unspecified atom stereocenters. The van der Waals surface area contributed by atoms with Crippen molar-refractivity contribution in [1.29, 1.82) is 0 Å². The highest BCUT2D eigenvalue weighted by Gasteiger charge is 2.20. The predicted molar refractivity (Wildman–Crippen MR) is 46.4 cm³/mol. The molecule has 0 saturated heterocycles. The Labute approximate surface area is 69.1 Å². The molecule has 0 heterocycles. The number of methoxy groups -OCH3 is 1. The second-order valence-electron chi connectivity index (χ2n) is 3.77. The first-order valence-electron chi connectivity index (χ1n) is 4.50. The van der Waals surface area contributed by atoms with Gasteiger partial charge in [0.2, 0.25) is 0 Å². The maximum absolute atomic E-state index is 5.91. The van der Waals surface area contributed by atoms with Crippen LogP contribution in [0.5, 0.6) is 0 Å². The molecule has 2 nitrogen and oxygen atoms in total. The number of ether oxygens (including phenoxy) is 1. The molecule has 11 heavy (non-hydrogen) atoms. The predicted octanol–water partition coefficient (Wildman–Crippen LogP) is 1.54. The second kappa shape index (κ2) is 4.07. The number of hydrogen-bond acceptors (Lipinski definition) is 2. The van der Waals surface area contributed by atoms with Crippen LogP contribution in [-0.4, -0.2) is 19.3 Å². The normalized spacial score (nSPS) is 40.1. The molecule has 0 bridgehead atoms. The van der Waals surface area contributed by atoms with Gasteiger partial charge in [0.05, 0.1) is 6.10 Å². The molecule has 0 aromatic carbocycles. The van der Waals surface area contributed by atoms with Crippen LogP contribution in [0.3, 0.4) is 0 Å². The minimum atomic E-state index is 0.359. The summed E-state index contributed by atoms with van der Waals surface area (Å²) in [5, 5.41) is 0. The summed E-state index contributed by atoms with van der Waals surface area (Å²) in [7, 11) is 1.79. The van der Waals surface area contributed by atoms with E-state index >= 15 is 0 Å². The van der Waals surface area contributed by atoms with Crippen LogP contribution in [0.15, 0.2) is 0 Å². The van der Waals surface area contributed by atoms with Gasteiger partial charge in [-0.05, 0) is 31.6 Å². The van der Waals surface area contributed by atoms with Crippen molar-refractivity contribution in [2.24, 2.45) is 11.7 Å². The lowest BCUT2D eigenvalue weighted by atomic mass is 10.0. The molecule has 0 amide bonds. The maximum atomic E-state index is 5.91. The Balaban J connectivity index is 2.39. The SMILES string of the molecule is CO[C@H]1CC[C@@H](C)C[C@@H](N)C1. The van der Waals surface area contributed by atoms with Crippen LogP contribution in [0.1, 0.15) is 32.6 Å². The maximum Gasteiger partial charge on any atom is 0.0586 e. The highest BCUT2D eigenvalue weighted by atomic mass is 16.5. The fourth-order valence-corrected chi connectivity index (χ4v) is 1.87. The molecule has 1 saturated carbocycles. The van der Waals surface area contributed by atoms with Crippen molar-refractivity contribution in [1.82, 2.24) is 0 Å². The third kappa shape index (κ3) is 2.80. The minimum absolute atomic E-state index is 0.359. The fourth-order valence-electron chi connectivity index (χ4n) is 1.87. The molecule has 2 heteroatoms. The van der Waals surface area contributed by atoms with Gasteiger partial charge in [-0.1, -0.05) is 6.92 Å². The Bertz CT molecular complexity index is 116. The second-order valence-corrected chi connectivity index (χ2v) is 3.77. The van der Waals surface area contributed by atoms with E-state index in [0.29, 0.717) is 12.1 Å². The Morgan fingerprint density at radius 1 is 1.27 bits per heavy atom. The fraction of sp³-hybridized carbons (Fsp3) is 1.00. The lowest BCUT2D eigenvalue weighted by Gasteiger charge is -2.14. The van der Waals surface area contributed by atoms with Crippen LogP contribution in [-0.2, 0) is 4.74 Å². The van der Waals surface area contributed by atoms with Crippen LogP contribution >= 0.6 is 0 Å². The van der Waals surface area contributed by atoms with Crippen molar-refractivity contribution in [2.45, 2.75) is 44.8 Å². The highest BCUT2D eigenvalue weighted by Crippen LogP contribution is 2.23. The number of nitrogens with two attached hydrogens (primary N) is 1. The van der Waals surface area contributed by atoms with Gasteiger partial charge in [0.1, 0.15) is 0 Å². The Morgan fingerprint density at radius 3 is 2.64 bits per heavy atom. The highest BCUT2D eigenvalue weighted by molar-refractivity contribution is 4.76. The van der Waals surface area contributed by atoms with Crippen LogP contribution in [0.2, 0.25) is 0 Å². The first kappa shape index (κ1) is 9.01. The Morgan fingerprint density at radius 2 is 2.00 bits per heavy atom. The van der Waals surface area contributed by atoms with Crippen molar-refractivity contribution in [3.8, 4) is 0 Å². The molecule has 2 N–H and O–H groups in total. The largest absolute Gasteiger partial charge is 0.381 e. The first-order valence-corrected chi connectivity index (χ1v) is 4.50. The average Bonchev–Trinajstić information content (AvgIpc) is 2.11. The zero-order valence-corrected chi connectivity index (χ0v) is 7.55. The summed E-state index contributed by atoms with van der Waals surface area (Å²) in [6.45, 7) is 2.28. The van der Waals surface area contributed by atoms with Crippen molar-refractivity contribution in [2.75, 3.05) is 7.11 Å². The van der Waals surface area contributed by atoms with E-state index in [-0.39, 0.29) is 0 Å². The van der Waals surface area contributed by atoms with Crippen LogP contribution in [0.25, 0.3) is 0 Å². The summed E-state index contributed by atoms with van der Waals surface area (Å²) in [4.78, 5) is 0. The van der Waals surface area contributed by atoms with Gasteiger partial charge in [-0.2, -0.15) is 0 Å². The van der Waals surface area contributed by atoms with E-state index in [0.717, 1.165) is 12.3 Å². The molecule has 1 rings (SSSR count). The molecular weight excluding hydrogens is 138 g/mol. The molecule has 1 aliphatic rings. The lowest BCUT2D eigenvalue weighted by Crippen LogP contribution is -2.25. The van der Waals surface area contributed by atoms with E-state index in [1.807, 2.05) is 0 Å². The van der Waals surface area contributed by atoms with Gasteiger partial charge < -0.3 is 10.5 Å². The topological polar surface area (TPSA) is 35.2 Å². The van der Waals surface area contributed by atoms with Crippen molar-refractivity contribution in [3.05, 3.63) is 0 Å². The van der Waals surface area contributed by atoms with Gasteiger partial charge in [-0.15, -0.1) is 0 Å². The minimum Gasteiger partial charge on any atom is -0.381 e. The van der Waals surface area contributed by atoms with Gasteiger partial charge in [0.25, 0.3) is 0 Å². The monoisotopic (exact) mass is 157 g/mol. The molecule has 3 atom stereocenters. The van der Waals surface area contributed by atoms with Crippen LogP contribution in [0.4, 0.5) is 0 Å². The van der Waals surface area contributed by atoms with E-state index < -0.39 is 0 Å². The molecule has 0 radical (unpaired) electrons. The standard InChI is InChI=1S/C9H19NO/c1-7-3-4-9(11-2)6-8(10)5-7/h7-9H,3-6,10H2,1-2H3/t7-,8-,9+/m1/s1. The molecule has 66 valence electrons. The van der Waals surface area contributed by atoms with Gasteiger partial charge in [0.15, 0.2) is 0 Å². The van der Waals surface area contributed by atoms with Gasteiger partial charge in [-0.25, -0.2) is 0 Å². The molecule has 1 fully saturated rings. The lowest BCUT2D eigenvalue weighted by molar-refractivity contribution is 0.0860. The van der Waals surface area contributed by atoms with Crippen molar-refractivity contribution < 1.29 is 4.74 Å². The zero-order chi connectivity index (χ0) is 8.27. The quantitative estimate of drug-likeness (QED) is 0.586. The van der Waals surface area contributed by atoms with E-state index in [1.54, 1.807) is 7.11 Å². The third-order valence-corrected chi connectivity index (χ3v) is 2.59. The van der Waals surface area contributed by atoms with Crippen LogP contribution in [0, 0.1) is 5.92 Å². The van der Waals surface area contributed by atoms with Crippen LogP contribution < -0.4 is 5.73 Å². The summed E-state index contributed by atoms with van der Waals surface area (Å²) in [5.41, 5.74) is 5.91. The zero-order valence-electron chi connectivity index (χ0n) is 7.55. The first-order chi connectivity index (χ1) is 5.22. The molecule has 0 spiro atoms. The van der Waals surface area contributed by atoms with E-state index in [2.05, 4.69) is 6.92 Å². The molecule has 1 aliphatic carbocycles. The number of rotatable bonds is 1. The summed E-state index contributed by atoms with van der Waals surface area (Å²) in [5.74, 6) is 0.783. The van der Waals surface area contributed by atoms with E-state index in [4.69, 9.17) is 10.5 Å². The Kier molecular flexibility index (Phi) is 3.34. The summed E-state index contributed by atoms with van der Waals surface area (Å²) in [6.07, 6.45) is 5.08. The van der Waals surface area contributed by atoms with Gasteiger partial charge in [0, 0.05) is 13.2 Å². The summed E-state index contributed by atoms with van der Waals surface area (Å²) >= 11 is 0.